The highest BCUT2D eigenvalue weighted by Gasteiger charge is 2.36. The number of nitrogens with one attached hydrogen (secondary N) is 1. The average molecular weight is 609 g/mol. The fraction of sp³-hybridized carbons (Fsp3) is 0.300. The summed E-state index contributed by atoms with van der Waals surface area (Å²) in [5.41, 5.74) is 1.16. The lowest BCUT2D eigenvalue weighted by Crippen LogP contribution is -2.50. The molecule has 2 N–H and O–H groups in total. The highest BCUT2D eigenvalue weighted by Crippen LogP contribution is 2.36. The molecule has 0 unspecified atom stereocenters. The molecule has 0 spiro atoms. The van der Waals surface area contributed by atoms with E-state index in [0.717, 1.165) is 4.70 Å². The predicted octanol–water partition coefficient (Wildman–Crippen LogP) is 4.09. The fourth-order valence-corrected chi connectivity index (χ4v) is 6.89. The molecule has 3 aromatic carbocycles. The molecule has 220 valence electrons. The zero-order valence-electron chi connectivity index (χ0n) is 23.4. The fourth-order valence-electron chi connectivity index (χ4n) is 4.83. The first-order chi connectivity index (χ1) is 20.1. The summed E-state index contributed by atoms with van der Waals surface area (Å²) < 4.78 is 35.2. The van der Waals surface area contributed by atoms with Crippen molar-refractivity contribution in [1.29, 1.82) is 0 Å². The molecule has 1 aliphatic heterocycles. The van der Waals surface area contributed by atoms with Crippen LogP contribution in [-0.4, -0.2) is 78.4 Å². The molecule has 42 heavy (non-hydrogen) atoms. The third kappa shape index (κ3) is 5.88. The molecule has 5 rings (SSSR count). The molecule has 0 saturated heterocycles. The topological polar surface area (TPSA) is 129 Å². The number of hydrogen-bond acceptors (Lipinski definition) is 8. The minimum atomic E-state index is -3.83. The number of fused-ring (bicyclic) bond motifs is 2. The molecule has 4 aromatic rings. The Hall–Kier alpha value is -3.84. The summed E-state index contributed by atoms with van der Waals surface area (Å²) in [6.45, 7) is 3.56. The number of rotatable bonds is 8. The molecule has 12 heteroatoms. The van der Waals surface area contributed by atoms with Gasteiger partial charge in [0, 0.05) is 19.5 Å². The quantitative estimate of drug-likeness (QED) is 0.308. The van der Waals surface area contributed by atoms with Gasteiger partial charge in [-0.3, -0.25) is 9.59 Å². The molecule has 3 atom stereocenters. The van der Waals surface area contributed by atoms with Crippen molar-refractivity contribution >= 4 is 49.1 Å². The number of hydrogen-bond donors (Lipinski definition) is 2. The van der Waals surface area contributed by atoms with Crippen LogP contribution in [0.3, 0.4) is 0 Å². The molecule has 0 fully saturated rings. The molecular formula is C30H32N4O6S2. The van der Waals surface area contributed by atoms with Gasteiger partial charge in [0.05, 0.1) is 45.6 Å². The van der Waals surface area contributed by atoms with Gasteiger partial charge in [-0.05, 0) is 43.3 Å². The Labute approximate surface area is 248 Å². The maximum Gasteiger partial charge on any atom is 0.284 e. The predicted molar refractivity (Wildman–Crippen MR) is 161 cm³/mol. The Bertz CT molecular complexity index is 1680. The number of benzene rings is 3. The van der Waals surface area contributed by atoms with Crippen LogP contribution >= 0.6 is 11.3 Å². The number of anilines is 1. The van der Waals surface area contributed by atoms with E-state index < -0.39 is 28.1 Å². The largest absolute Gasteiger partial charge is 0.486 e. The Morgan fingerprint density at radius 2 is 1.86 bits per heavy atom. The van der Waals surface area contributed by atoms with E-state index in [0.29, 0.717) is 5.52 Å². The van der Waals surface area contributed by atoms with Crippen molar-refractivity contribution in [2.45, 2.75) is 30.9 Å². The van der Waals surface area contributed by atoms with Gasteiger partial charge in [0.15, 0.2) is 10.8 Å². The Kier molecular flexibility index (Phi) is 8.60. The Balaban J connectivity index is 1.51. The SMILES string of the molecule is C[C@@H]1CN([C@H](C)CO)C(=O)c2cccc(NC(=O)c3nc4ccccc4s3)c2O[C@@H]1CN(C)S(=O)(=O)c1ccccc1. The van der Waals surface area contributed by atoms with Gasteiger partial charge in [-0.15, -0.1) is 11.3 Å². The zero-order chi connectivity index (χ0) is 30.0. The maximum atomic E-state index is 13.7. The van der Waals surface area contributed by atoms with Crippen molar-refractivity contribution in [1.82, 2.24) is 14.2 Å². The summed E-state index contributed by atoms with van der Waals surface area (Å²) in [6.07, 6.45) is -0.700. The van der Waals surface area contributed by atoms with Crippen LogP contribution in [-0.2, 0) is 10.0 Å². The molecule has 1 aliphatic rings. The molecule has 0 aliphatic carbocycles. The van der Waals surface area contributed by atoms with Crippen LogP contribution in [0.5, 0.6) is 5.75 Å². The average Bonchev–Trinajstić information content (AvgIpc) is 3.44. The lowest BCUT2D eigenvalue weighted by Gasteiger charge is -2.38. The van der Waals surface area contributed by atoms with E-state index in [1.807, 2.05) is 31.2 Å². The minimum absolute atomic E-state index is 0.0203. The number of aromatic nitrogens is 1. The molecule has 1 aromatic heterocycles. The summed E-state index contributed by atoms with van der Waals surface area (Å²) in [5.74, 6) is -1.03. The molecule has 2 heterocycles. The second-order valence-electron chi connectivity index (χ2n) is 10.3. The van der Waals surface area contributed by atoms with Crippen molar-refractivity contribution in [2.24, 2.45) is 5.92 Å². The zero-order valence-corrected chi connectivity index (χ0v) is 25.1. The minimum Gasteiger partial charge on any atom is -0.486 e. The molecular weight excluding hydrogens is 576 g/mol. The highest BCUT2D eigenvalue weighted by molar-refractivity contribution is 7.89. The number of para-hydroxylation sites is 2. The van der Waals surface area contributed by atoms with E-state index in [1.165, 1.54) is 34.8 Å². The molecule has 0 radical (unpaired) electrons. The number of nitrogens with zero attached hydrogens (tertiary/aromatic N) is 3. The van der Waals surface area contributed by atoms with Crippen LogP contribution in [0.25, 0.3) is 10.2 Å². The lowest BCUT2D eigenvalue weighted by atomic mass is 9.99. The summed E-state index contributed by atoms with van der Waals surface area (Å²) in [6, 6.07) is 19.9. The summed E-state index contributed by atoms with van der Waals surface area (Å²) in [7, 11) is -2.34. The van der Waals surface area contributed by atoms with Crippen molar-refractivity contribution in [3.05, 3.63) is 83.4 Å². The summed E-state index contributed by atoms with van der Waals surface area (Å²) in [5, 5.41) is 13.0. The van der Waals surface area contributed by atoms with Crippen LogP contribution in [0.1, 0.15) is 34.0 Å². The Morgan fingerprint density at radius 1 is 1.14 bits per heavy atom. The number of ether oxygens (including phenoxy) is 1. The van der Waals surface area contributed by atoms with Gasteiger partial charge in [-0.25, -0.2) is 13.4 Å². The number of carbonyl (C=O) groups is 2. The second kappa shape index (κ2) is 12.2. The van der Waals surface area contributed by atoms with Crippen LogP contribution in [0, 0.1) is 5.92 Å². The third-order valence-corrected chi connectivity index (χ3v) is 10.2. The number of aliphatic hydroxyl groups excluding tert-OH is 1. The van der Waals surface area contributed by atoms with Crippen molar-refractivity contribution in [3.8, 4) is 5.75 Å². The van der Waals surface area contributed by atoms with Gasteiger partial charge in [0.2, 0.25) is 10.0 Å². The van der Waals surface area contributed by atoms with Gasteiger partial charge in [0.25, 0.3) is 11.8 Å². The smallest absolute Gasteiger partial charge is 0.284 e. The van der Waals surface area contributed by atoms with Crippen LogP contribution < -0.4 is 10.1 Å². The molecule has 2 amide bonds. The summed E-state index contributed by atoms with van der Waals surface area (Å²) in [4.78, 5) is 33.2. The number of amides is 2. The van der Waals surface area contributed by atoms with E-state index in [4.69, 9.17) is 4.74 Å². The Morgan fingerprint density at radius 3 is 2.57 bits per heavy atom. The molecule has 0 saturated carbocycles. The van der Waals surface area contributed by atoms with Crippen LogP contribution in [0.2, 0.25) is 0 Å². The van der Waals surface area contributed by atoms with Crippen LogP contribution in [0.4, 0.5) is 5.69 Å². The monoisotopic (exact) mass is 608 g/mol. The number of carbonyl (C=O) groups excluding carboxylic acids is 2. The third-order valence-electron chi connectivity index (χ3n) is 7.32. The van der Waals surface area contributed by atoms with Crippen molar-refractivity contribution < 1.29 is 27.9 Å². The van der Waals surface area contributed by atoms with Gasteiger partial charge < -0.3 is 20.1 Å². The standard InChI is InChI=1S/C30H32N4O6S2/c1-19-16-34(20(2)18-35)30(37)22-12-9-14-24(31-28(36)29-32-23-13-7-8-15-26(23)41-29)27(22)40-25(19)17-33(3)42(38,39)21-10-5-4-6-11-21/h4-15,19-20,25,35H,16-18H2,1-3H3,(H,31,36)/t19-,20-,25-/m1/s1. The number of sulfonamides is 1. The number of aliphatic hydroxyl groups is 1. The maximum absolute atomic E-state index is 13.7. The second-order valence-corrected chi connectivity index (χ2v) is 13.4. The summed E-state index contributed by atoms with van der Waals surface area (Å²) >= 11 is 1.25. The van der Waals surface area contributed by atoms with Crippen LogP contribution in [0.15, 0.2) is 77.7 Å². The number of thiazole rings is 1. The molecule has 0 bridgehead atoms. The molecule has 10 nitrogen and oxygen atoms in total. The van der Waals surface area contributed by atoms with E-state index in [9.17, 15) is 23.1 Å². The normalized spacial score (nSPS) is 18.2. The first-order valence-electron chi connectivity index (χ1n) is 13.5. The van der Waals surface area contributed by atoms with Crippen molar-refractivity contribution in [3.63, 3.8) is 0 Å². The van der Waals surface area contributed by atoms with E-state index in [-0.39, 0.29) is 58.4 Å². The first kappa shape index (κ1) is 29.6. The highest BCUT2D eigenvalue weighted by atomic mass is 32.2. The first-order valence-corrected chi connectivity index (χ1v) is 15.8. The van der Waals surface area contributed by atoms with Crippen molar-refractivity contribution in [2.75, 3.05) is 32.1 Å². The van der Waals surface area contributed by atoms with Gasteiger partial charge in [-0.1, -0.05) is 43.3 Å². The van der Waals surface area contributed by atoms with Gasteiger partial charge in [0.1, 0.15) is 6.10 Å². The number of likely N-dealkylation sites (N-methyl/N-ethyl adjacent to an activating group) is 1. The van der Waals surface area contributed by atoms with E-state index in [1.54, 1.807) is 48.2 Å². The van der Waals surface area contributed by atoms with E-state index >= 15 is 0 Å². The van der Waals surface area contributed by atoms with Gasteiger partial charge in [-0.2, -0.15) is 4.31 Å². The lowest BCUT2D eigenvalue weighted by molar-refractivity contribution is 0.0388. The van der Waals surface area contributed by atoms with Gasteiger partial charge >= 0.3 is 0 Å². The van der Waals surface area contributed by atoms with E-state index in [2.05, 4.69) is 10.3 Å².